The van der Waals surface area contributed by atoms with Crippen molar-refractivity contribution in [3.05, 3.63) is 59.4 Å². The number of aliphatic imine (C=N–C) groups is 1. The molecule has 1 aromatic carbocycles. The first-order chi connectivity index (χ1) is 14.5. The van der Waals surface area contributed by atoms with Gasteiger partial charge in [-0.25, -0.2) is 4.99 Å². The number of ether oxygens (including phenoxy) is 1. The van der Waals surface area contributed by atoms with Crippen molar-refractivity contribution < 1.29 is 9.53 Å². The van der Waals surface area contributed by atoms with Gasteiger partial charge in [-0.1, -0.05) is 31.4 Å². The van der Waals surface area contributed by atoms with Gasteiger partial charge >= 0.3 is 0 Å². The van der Waals surface area contributed by atoms with E-state index in [-0.39, 0.29) is 11.9 Å². The molecule has 0 saturated heterocycles. The van der Waals surface area contributed by atoms with E-state index in [2.05, 4.69) is 16.0 Å². The summed E-state index contributed by atoms with van der Waals surface area (Å²) in [5, 5.41) is 0. The van der Waals surface area contributed by atoms with E-state index >= 15 is 0 Å². The van der Waals surface area contributed by atoms with Crippen LogP contribution in [0.4, 0.5) is 0 Å². The van der Waals surface area contributed by atoms with Gasteiger partial charge in [0, 0.05) is 25.4 Å². The van der Waals surface area contributed by atoms with Gasteiger partial charge in [0.15, 0.2) is 5.96 Å². The Bertz CT molecular complexity index is 937. The average molecular weight is 407 g/mol. The third kappa shape index (κ3) is 4.32. The smallest absolute Gasteiger partial charge is 0.264 e. The lowest BCUT2D eigenvalue weighted by atomic mass is 9.83. The molecule has 1 atom stereocenters. The molecule has 1 fully saturated rings. The average Bonchev–Trinajstić information content (AvgIpc) is 2.80. The minimum absolute atomic E-state index is 0.189. The molecule has 1 aliphatic heterocycles. The number of benzene rings is 1. The number of pyridine rings is 1. The summed E-state index contributed by atoms with van der Waals surface area (Å²) >= 11 is 0. The van der Waals surface area contributed by atoms with Crippen LogP contribution in [0.3, 0.4) is 0 Å². The van der Waals surface area contributed by atoms with Gasteiger partial charge < -0.3 is 10.5 Å². The Morgan fingerprint density at radius 2 is 2.00 bits per heavy atom. The van der Waals surface area contributed by atoms with Gasteiger partial charge in [0.1, 0.15) is 11.4 Å². The molecule has 1 aromatic heterocycles. The van der Waals surface area contributed by atoms with Crippen LogP contribution in [0.5, 0.6) is 5.75 Å². The predicted octanol–water partition coefficient (Wildman–Crippen LogP) is 3.91. The Hall–Kier alpha value is -2.89. The SMILES string of the molecule is CN1C(=O)c2cc(C3CCCCC3)ccc2OC(C)(Cc2ccccn2)CN=C1N. The normalized spacial score (nSPS) is 22.9. The number of carbonyl (C=O) groups is 1. The fraction of sp³-hybridized carbons (Fsp3) is 0.458. The van der Waals surface area contributed by atoms with E-state index < -0.39 is 5.60 Å². The van der Waals surface area contributed by atoms with Crippen LogP contribution in [0.25, 0.3) is 0 Å². The van der Waals surface area contributed by atoms with Crippen molar-refractivity contribution in [1.82, 2.24) is 9.88 Å². The molecule has 6 heteroatoms. The highest BCUT2D eigenvalue weighted by Crippen LogP contribution is 2.36. The maximum atomic E-state index is 13.2. The molecule has 1 saturated carbocycles. The van der Waals surface area contributed by atoms with Crippen molar-refractivity contribution in [1.29, 1.82) is 0 Å². The molecular formula is C24H30N4O2. The van der Waals surface area contributed by atoms with Gasteiger partial charge in [0.05, 0.1) is 12.1 Å². The number of rotatable bonds is 3. The van der Waals surface area contributed by atoms with Crippen molar-refractivity contribution in [3.63, 3.8) is 0 Å². The fourth-order valence-electron chi connectivity index (χ4n) is 4.41. The summed E-state index contributed by atoms with van der Waals surface area (Å²) in [5.74, 6) is 1.09. The van der Waals surface area contributed by atoms with Crippen LogP contribution in [0, 0.1) is 0 Å². The molecule has 2 N–H and O–H groups in total. The first-order valence-corrected chi connectivity index (χ1v) is 10.8. The van der Waals surface area contributed by atoms with E-state index in [1.807, 2.05) is 37.3 Å². The first kappa shape index (κ1) is 20.4. The van der Waals surface area contributed by atoms with Crippen LogP contribution in [-0.2, 0) is 6.42 Å². The summed E-state index contributed by atoms with van der Waals surface area (Å²) in [5.41, 5.74) is 8.14. The summed E-state index contributed by atoms with van der Waals surface area (Å²) in [6, 6.07) is 11.9. The van der Waals surface area contributed by atoms with Crippen LogP contribution < -0.4 is 10.5 Å². The molecule has 0 bridgehead atoms. The van der Waals surface area contributed by atoms with Crippen molar-refractivity contribution >= 4 is 11.9 Å². The first-order valence-electron chi connectivity index (χ1n) is 10.8. The van der Waals surface area contributed by atoms with Gasteiger partial charge in [-0.2, -0.15) is 0 Å². The molecule has 0 spiro atoms. The summed E-state index contributed by atoms with van der Waals surface area (Å²) < 4.78 is 6.47. The minimum atomic E-state index is -0.675. The van der Waals surface area contributed by atoms with E-state index in [1.165, 1.54) is 42.6 Å². The van der Waals surface area contributed by atoms with Crippen molar-refractivity contribution in [2.45, 2.75) is 57.0 Å². The molecule has 4 rings (SSSR count). The molecule has 0 radical (unpaired) electrons. The highest BCUT2D eigenvalue weighted by atomic mass is 16.5. The van der Waals surface area contributed by atoms with Crippen LogP contribution in [-0.4, -0.2) is 40.9 Å². The lowest BCUT2D eigenvalue weighted by molar-refractivity contribution is 0.0840. The van der Waals surface area contributed by atoms with Crippen molar-refractivity contribution in [2.24, 2.45) is 10.7 Å². The van der Waals surface area contributed by atoms with Crippen LogP contribution >= 0.6 is 0 Å². The summed E-state index contributed by atoms with van der Waals surface area (Å²) in [7, 11) is 1.67. The monoisotopic (exact) mass is 406 g/mol. The number of aromatic nitrogens is 1. The number of carbonyl (C=O) groups excluding carboxylic acids is 1. The number of hydrogen-bond acceptors (Lipinski definition) is 5. The molecule has 1 amide bonds. The predicted molar refractivity (Wildman–Crippen MR) is 118 cm³/mol. The van der Waals surface area contributed by atoms with Crippen LogP contribution in [0.2, 0.25) is 0 Å². The van der Waals surface area contributed by atoms with Gasteiger partial charge in [-0.05, 0) is 55.5 Å². The molecule has 2 aliphatic rings. The number of hydrogen-bond donors (Lipinski definition) is 1. The zero-order valence-electron chi connectivity index (χ0n) is 17.8. The number of nitrogens with zero attached hydrogens (tertiary/aromatic N) is 3. The van der Waals surface area contributed by atoms with E-state index in [0.29, 0.717) is 30.2 Å². The molecule has 2 aromatic rings. The lowest BCUT2D eigenvalue weighted by Gasteiger charge is -2.30. The third-order valence-corrected chi connectivity index (χ3v) is 6.17. The summed E-state index contributed by atoms with van der Waals surface area (Å²) in [4.78, 5) is 23.6. The second-order valence-corrected chi connectivity index (χ2v) is 8.68. The van der Waals surface area contributed by atoms with E-state index in [1.54, 1.807) is 13.2 Å². The highest BCUT2D eigenvalue weighted by Gasteiger charge is 2.33. The molecule has 1 aliphatic carbocycles. The quantitative estimate of drug-likeness (QED) is 0.838. The fourth-order valence-corrected chi connectivity index (χ4v) is 4.41. The van der Waals surface area contributed by atoms with E-state index in [4.69, 9.17) is 10.5 Å². The zero-order valence-corrected chi connectivity index (χ0v) is 17.8. The molecular weight excluding hydrogens is 376 g/mol. The number of guanidine groups is 1. The topological polar surface area (TPSA) is 80.8 Å². The minimum Gasteiger partial charge on any atom is -0.484 e. The highest BCUT2D eigenvalue weighted by molar-refractivity contribution is 6.06. The summed E-state index contributed by atoms with van der Waals surface area (Å²) in [6.45, 7) is 2.32. The largest absolute Gasteiger partial charge is 0.484 e. The Morgan fingerprint density at radius 3 is 2.73 bits per heavy atom. The van der Waals surface area contributed by atoms with Gasteiger partial charge in [-0.15, -0.1) is 0 Å². The van der Waals surface area contributed by atoms with Gasteiger partial charge in [0.25, 0.3) is 5.91 Å². The molecule has 1 unspecified atom stereocenters. The Kier molecular flexibility index (Phi) is 5.75. The zero-order chi connectivity index (χ0) is 21.1. The molecule has 6 nitrogen and oxygen atoms in total. The van der Waals surface area contributed by atoms with Crippen LogP contribution in [0.1, 0.15) is 66.6 Å². The maximum Gasteiger partial charge on any atom is 0.264 e. The van der Waals surface area contributed by atoms with Gasteiger partial charge in [0.2, 0.25) is 0 Å². The molecule has 158 valence electrons. The Balaban J connectivity index is 1.72. The Labute approximate surface area is 178 Å². The van der Waals surface area contributed by atoms with Crippen molar-refractivity contribution in [2.75, 3.05) is 13.6 Å². The van der Waals surface area contributed by atoms with Crippen molar-refractivity contribution in [3.8, 4) is 5.75 Å². The second kappa shape index (κ2) is 8.46. The summed E-state index contributed by atoms with van der Waals surface area (Å²) in [6.07, 6.45) is 8.46. The van der Waals surface area contributed by atoms with E-state index in [0.717, 1.165) is 5.69 Å². The van der Waals surface area contributed by atoms with Gasteiger partial charge in [-0.3, -0.25) is 14.7 Å². The lowest BCUT2D eigenvalue weighted by Crippen LogP contribution is -2.41. The van der Waals surface area contributed by atoms with E-state index in [9.17, 15) is 4.79 Å². The Morgan fingerprint density at radius 1 is 1.20 bits per heavy atom. The molecule has 2 heterocycles. The number of amides is 1. The maximum absolute atomic E-state index is 13.2. The third-order valence-electron chi connectivity index (χ3n) is 6.17. The van der Waals surface area contributed by atoms with Crippen LogP contribution in [0.15, 0.2) is 47.6 Å². The molecule has 30 heavy (non-hydrogen) atoms. The second-order valence-electron chi connectivity index (χ2n) is 8.68. The standard InChI is InChI=1S/C24H30N4O2/c1-24(15-19-10-6-7-13-26-19)16-27-23(25)28(2)22(29)20-14-18(11-12-21(20)30-24)17-8-4-3-5-9-17/h6-7,10-14,17H,3-5,8-9,15-16H2,1-2H3,(H2,25,27). The number of fused-ring (bicyclic) bond motifs is 1. The number of nitrogens with two attached hydrogens (primary N) is 1.